The Morgan fingerprint density at radius 1 is 1.09 bits per heavy atom. The van der Waals surface area contributed by atoms with E-state index in [0.717, 1.165) is 30.4 Å². The van der Waals surface area contributed by atoms with Crippen molar-refractivity contribution in [1.82, 2.24) is 10.6 Å². The molecule has 0 aliphatic heterocycles. The van der Waals surface area contributed by atoms with Crippen molar-refractivity contribution in [3.8, 4) is 5.75 Å². The molecule has 0 aromatic heterocycles. The van der Waals surface area contributed by atoms with E-state index in [4.69, 9.17) is 4.74 Å². The highest BCUT2D eigenvalue weighted by Gasteiger charge is 2.30. The molecule has 0 radical (unpaired) electrons. The summed E-state index contributed by atoms with van der Waals surface area (Å²) >= 11 is 0. The molecule has 1 aliphatic rings. The summed E-state index contributed by atoms with van der Waals surface area (Å²) < 4.78 is 5.24. The van der Waals surface area contributed by atoms with Gasteiger partial charge in [-0.2, -0.15) is 0 Å². The van der Waals surface area contributed by atoms with Crippen LogP contribution in [0.1, 0.15) is 68.2 Å². The zero-order valence-corrected chi connectivity index (χ0v) is 20.2. The fourth-order valence-corrected chi connectivity index (χ4v) is 4.60. The Bertz CT molecular complexity index is 964. The van der Waals surface area contributed by atoms with E-state index < -0.39 is 19.1 Å². The van der Waals surface area contributed by atoms with Crippen molar-refractivity contribution in [2.45, 2.75) is 63.9 Å². The molecule has 4 N–H and O–H groups in total. The number of fused-ring (bicyclic) bond motifs is 1. The molecule has 0 saturated carbocycles. The summed E-state index contributed by atoms with van der Waals surface area (Å²) in [5.41, 5.74) is 3.02. The number of nitrogens with one attached hydrogen (secondary N) is 2. The number of benzene rings is 2. The molecule has 2 aromatic carbocycles. The van der Waals surface area contributed by atoms with Crippen LogP contribution < -0.4 is 15.4 Å². The van der Waals surface area contributed by atoms with Crippen LogP contribution >= 0.6 is 0 Å². The Labute approximate surface area is 202 Å². The third-order valence-electron chi connectivity index (χ3n) is 6.34. The predicted octanol–water partition coefficient (Wildman–Crippen LogP) is 2.91. The molecule has 2 aromatic rings. The molecule has 1 aliphatic carbocycles. The fourth-order valence-electron chi connectivity index (χ4n) is 4.60. The maximum atomic E-state index is 13.4. The first-order chi connectivity index (χ1) is 16.3. The average Bonchev–Trinajstić information content (AvgIpc) is 2.82. The van der Waals surface area contributed by atoms with Gasteiger partial charge in [0.05, 0.1) is 31.4 Å². The number of amides is 2. The standard InChI is InChI=1S/C26H35BN2O5/c1-17(2)15-24(27(32)33)29-25(30)16-23(19-11-13-20(34-3)14-12-19)28-26(31)22-10-6-8-18-7-4-5-9-21(18)22/h4-5,7,9,11-14,17,22-24,32-33H,6,8,10,15-16H2,1-3H3,(H,28,31)(H,29,30). The van der Waals surface area contributed by atoms with E-state index in [1.165, 1.54) is 5.56 Å². The largest absolute Gasteiger partial charge is 0.497 e. The van der Waals surface area contributed by atoms with Gasteiger partial charge < -0.3 is 25.4 Å². The second-order valence-electron chi connectivity index (χ2n) is 9.40. The number of hydrogen-bond acceptors (Lipinski definition) is 5. The number of carbonyl (C=O) groups excluding carboxylic acids is 2. The van der Waals surface area contributed by atoms with Gasteiger partial charge in [-0.25, -0.2) is 0 Å². The molecule has 0 saturated heterocycles. The molecule has 0 spiro atoms. The summed E-state index contributed by atoms with van der Waals surface area (Å²) in [5, 5.41) is 25.2. The van der Waals surface area contributed by atoms with Gasteiger partial charge in [-0.3, -0.25) is 9.59 Å². The lowest BCUT2D eigenvalue weighted by molar-refractivity contribution is -0.125. The minimum Gasteiger partial charge on any atom is -0.497 e. The lowest BCUT2D eigenvalue weighted by Gasteiger charge is -2.28. The molecule has 3 unspecified atom stereocenters. The molecule has 3 atom stereocenters. The second kappa shape index (κ2) is 12.0. The minimum atomic E-state index is -1.65. The molecule has 0 bridgehead atoms. The smallest absolute Gasteiger partial charge is 0.475 e. The first-order valence-electron chi connectivity index (χ1n) is 12.0. The molecule has 3 rings (SSSR count). The van der Waals surface area contributed by atoms with E-state index in [1.54, 1.807) is 19.2 Å². The molecule has 7 nitrogen and oxygen atoms in total. The van der Waals surface area contributed by atoms with Gasteiger partial charge in [0.15, 0.2) is 0 Å². The highest BCUT2D eigenvalue weighted by molar-refractivity contribution is 6.43. The summed E-state index contributed by atoms with van der Waals surface area (Å²) in [6.45, 7) is 3.90. The van der Waals surface area contributed by atoms with Gasteiger partial charge in [0.1, 0.15) is 5.75 Å². The number of aryl methyl sites for hydroxylation is 1. The molecule has 34 heavy (non-hydrogen) atoms. The van der Waals surface area contributed by atoms with Crippen LogP contribution in [0.2, 0.25) is 0 Å². The average molecular weight is 466 g/mol. The summed E-state index contributed by atoms with van der Waals surface area (Å²) in [6, 6.07) is 14.7. The van der Waals surface area contributed by atoms with Crippen molar-refractivity contribution < 1.29 is 24.4 Å². The zero-order chi connectivity index (χ0) is 24.7. The normalized spacial score (nSPS) is 16.8. The van der Waals surface area contributed by atoms with Crippen LogP contribution in [0, 0.1) is 5.92 Å². The summed E-state index contributed by atoms with van der Waals surface area (Å²) in [5.74, 6) is -0.646. The monoisotopic (exact) mass is 466 g/mol. The Hall–Kier alpha value is -2.84. The van der Waals surface area contributed by atoms with Crippen LogP contribution in [-0.4, -0.2) is 42.0 Å². The van der Waals surface area contributed by atoms with Gasteiger partial charge in [0.25, 0.3) is 0 Å². The van der Waals surface area contributed by atoms with Crippen LogP contribution in [0.4, 0.5) is 0 Å². The van der Waals surface area contributed by atoms with Gasteiger partial charge in [0, 0.05) is 0 Å². The van der Waals surface area contributed by atoms with Crippen molar-refractivity contribution in [2.24, 2.45) is 5.92 Å². The Balaban J connectivity index is 1.78. The highest BCUT2D eigenvalue weighted by Crippen LogP contribution is 2.32. The van der Waals surface area contributed by atoms with E-state index in [9.17, 15) is 19.6 Å². The van der Waals surface area contributed by atoms with Gasteiger partial charge >= 0.3 is 7.12 Å². The van der Waals surface area contributed by atoms with Gasteiger partial charge in [-0.1, -0.05) is 50.2 Å². The van der Waals surface area contributed by atoms with E-state index in [-0.39, 0.29) is 30.1 Å². The van der Waals surface area contributed by atoms with Crippen molar-refractivity contribution in [1.29, 1.82) is 0 Å². The van der Waals surface area contributed by atoms with Gasteiger partial charge in [0.2, 0.25) is 11.8 Å². The Kier molecular flexibility index (Phi) is 9.13. The zero-order valence-electron chi connectivity index (χ0n) is 20.2. The maximum Gasteiger partial charge on any atom is 0.475 e. The van der Waals surface area contributed by atoms with Crippen LogP contribution in [-0.2, 0) is 16.0 Å². The molecule has 0 fully saturated rings. The lowest BCUT2D eigenvalue weighted by atomic mass is 9.75. The maximum absolute atomic E-state index is 13.4. The number of carbonyl (C=O) groups is 2. The van der Waals surface area contributed by atoms with Gasteiger partial charge in [-0.05, 0) is 60.4 Å². The number of ether oxygens (including phenoxy) is 1. The minimum absolute atomic E-state index is 0.0201. The molecular formula is C26H35BN2O5. The molecular weight excluding hydrogens is 431 g/mol. The molecule has 182 valence electrons. The Morgan fingerprint density at radius 2 is 1.79 bits per heavy atom. The lowest BCUT2D eigenvalue weighted by Crippen LogP contribution is -2.48. The Morgan fingerprint density at radius 3 is 2.44 bits per heavy atom. The molecule has 0 heterocycles. The predicted molar refractivity (Wildman–Crippen MR) is 132 cm³/mol. The number of hydrogen-bond donors (Lipinski definition) is 4. The quantitative estimate of drug-likeness (QED) is 0.403. The first-order valence-corrected chi connectivity index (χ1v) is 12.0. The van der Waals surface area contributed by atoms with E-state index >= 15 is 0 Å². The summed E-state index contributed by atoms with van der Waals surface area (Å²) in [6.07, 6.45) is 3.08. The fraction of sp³-hybridized carbons (Fsp3) is 0.462. The van der Waals surface area contributed by atoms with Crippen molar-refractivity contribution in [3.63, 3.8) is 0 Å². The molecule has 2 amide bonds. The van der Waals surface area contributed by atoms with Crippen molar-refractivity contribution >= 4 is 18.9 Å². The first kappa shape index (κ1) is 25.8. The van der Waals surface area contributed by atoms with Crippen molar-refractivity contribution in [2.75, 3.05) is 7.11 Å². The second-order valence-corrected chi connectivity index (χ2v) is 9.40. The van der Waals surface area contributed by atoms with Crippen LogP contribution in [0.25, 0.3) is 0 Å². The summed E-state index contributed by atoms with van der Waals surface area (Å²) in [7, 11) is -0.0729. The number of rotatable bonds is 10. The van der Waals surface area contributed by atoms with Gasteiger partial charge in [-0.15, -0.1) is 0 Å². The van der Waals surface area contributed by atoms with E-state index in [2.05, 4.69) is 16.7 Å². The van der Waals surface area contributed by atoms with Crippen LogP contribution in [0.5, 0.6) is 5.75 Å². The van der Waals surface area contributed by atoms with E-state index in [1.807, 2.05) is 44.2 Å². The molecule has 8 heteroatoms. The topological polar surface area (TPSA) is 108 Å². The van der Waals surface area contributed by atoms with Crippen LogP contribution in [0.15, 0.2) is 48.5 Å². The third kappa shape index (κ3) is 6.84. The van der Waals surface area contributed by atoms with Crippen molar-refractivity contribution in [3.05, 3.63) is 65.2 Å². The number of methoxy groups -OCH3 is 1. The summed E-state index contributed by atoms with van der Waals surface area (Å²) in [4.78, 5) is 26.3. The van der Waals surface area contributed by atoms with E-state index in [0.29, 0.717) is 12.2 Å². The van der Waals surface area contributed by atoms with Crippen LogP contribution in [0.3, 0.4) is 0 Å². The highest BCUT2D eigenvalue weighted by atomic mass is 16.5. The third-order valence-corrected chi connectivity index (χ3v) is 6.34. The SMILES string of the molecule is COc1ccc(C(CC(=O)NC(CC(C)C)B(O)O)NC(=O)C2CCCc3ccccc32)cc1.